The van der Waals surface area contributed by atoms with Crippen molar-refractivity contribution in [2.75, 3.05) is 32.1 Å². The molecule has 0 saturated carbocycles. The third kappa shape index (κ3) is 4.55. The van der Waals surface area contributed by atoms with Crippen LogP contribution in [-0.4, -0.2) is 48.0 Å². The summed E-state index contributed by atoms with van der Waals surface area (Å²) in [6.45, 7) is 3.87. The van der Waals surface area contributed by atoms with Crippen molar-refractivity contribution in [3.63, 3.8) is 0 Å². The highest BCUT2D eigenvalue weighted by atomic mass is 32.2. The molecule has 0 N–H and O–H groups in total. The Labute approximate surface area is 159 Å². The summed E-state index contributed by atoms with van der Waals surface area (Å²) >= 11 is 1.63. The maximum Gasteiger partial charge on any atom is 0.253 e. The summed E-state index contributed by atoms with van der Waals surface area (Å²) in [6, 6.07) is 9.97. The van der Waals surface area contributed by atoms with Crippen molar-refractivity contribution in [2.45, 2.75) is 37.1 Å². The molecule has 0 atom stereocenters. The van der Waals surface area contributed by atoms with Gasteiger partial charge in [0.25, 0.3) is 5.91 Å². The number of hydrogen-bond acceptors (Lipinski definition) is 5. The van der Waals surface area contributed by atoms with Crippen LogP contribution in [0.15, 0.2) is 35.5 Å². The van der Waals surface area contributed by atoms with E-state index in [4.69, 9.17) is 0 Å². The topological polar surface area (TPSA) is 49.3 Å². The van der Waals surface area contributed by atoms with E-state index in [1.165, 1.54) is 5.56 Å². The van der Waals surface area contributed by atoms with E-state index in [2.05, 4.69) is 16.9 Å². The average molecular weight is 371 g/mol. The largest absolute Gasteiger partial charge is 0.363 e. The van der Waals surface area contributed by atoms with Gasteiger partial charge in [0.2, 0.25) is 0 Å². The number of aryl methyl sites for hydroxylation is 1. The molecule has 1 aliphatic rings. The van der Waals surface area contributed by atoms with Crippen LogP contribution in [-0.2, 0) is 12.2 Å². The van der Waals surface area contributed by atoms with Crippen molar-refractivity contribution >= 4 is 23.5 Å². The highest BCUT2D eigenvalue weighted by Gasteiger charge is 2.19. The van der Waals surface area contributed by atoms with Crippen molar-refractivity contribution < 1.29 is 4.79 Å². The van der Waals surface area contributed by atoms with Crippen molar-refractivity contribution in [1.29, 1.82) is 0 Å². The maximum atomic E-state index is 12.4. The summed E-state index contributed by atoms with van der Waals surface area (Å²) in [6.07, 6.45) is 3.13. The number of hydrogen-bond donors (Lipinski definition) is 0. The minimum Gasteiger partial charge on any atom is -0.363 e. The van der Waals surface area contributed by atoms with Crippen molar-refractivity contribution in [3.8, 4) is 0 Å². The fourth-order valence-electron chi connectivity index (χ4n) is 2.93. The summed E-state index contributed by atoms with van der Waals surface area (Å²) in [4.78, 5) is 25.6. The molecule has 1 saturated heterocycles. The molecular weight excluding hydrogens is 344 g/mol. The second-order valence-corrected chi connectivity index (χ2v) is 7.68. The average Bonchev–Trinajstić information content (AvgIpc) is 3.20. The quantitative estimate of drug-likeness (QED) is 0.574. The zero-order valence-electron chi connectivity index (χ0n) is 15.7. The normalized spacial score (nSPS) is 13.9. The van der Waals surface area contributed by atoms with Gasteiger partial charge in [0, 0.05) is 50.3 Å². The Balaban J connectivity index is 1.64. The number of thioether (sulfide) groups is 1. The van der Waals surface area contributed by atoms with Gasteiger partial charge < -0.3 is 9.80 Å². The van der Waals surface area contributed by atoms with Crippen molar-refractivity contribution in [1.82, 2.24) is 14.9 Å². The van der Waals surface area contributed by atoms with Crippen LogP contribution in [0.2, 0.25) is 0 Å². The lowest BCUT2D eigenvalue weighted by molar-refractivity contribution is 0.0793. The predicted octanol–water partition coefficient (Wildman–Crippen LogP) is 3.63. The number of nitrogens with zero attached hydrogens (tertiary/aromatic N) is 4. The maximum absolute atomic E-state index is 12.4. The van der Waals surface area contributed by atoms with Crippen molar-refractivity contribution in [3.05, 3.63) is 47.2 Å². The molecule has 0 spiro atoms. The number of benzene rings is 1. The molecule has 6 heteroatoms. The third-order valence-electron chi connectivity index (χ3n) is 4.53. The van der Waals surface area contributed by atoms with Crippen LogP contribution >= 0.6 is 11.8 Å². The molecule has 1 aliphatic heterocycles. The van der Waals surface area contributed by atoms with Gasteiger partial charge >= 0.3 is 0 Å². The molecule has 0 bridgehead atoms. The van der Waals surface area contributed by atoms with Crippen LogP contribution in [0, 0.1) is 0 Å². The van der Waals surface area contributed by atoms with Gasteiger partial charge in [0.05, 0.1) is 0 Å². The lowest BCUT2D eigenvalue weighted by Gasteiger charge is -2.15. The predicted molar refractivity (Wildman–Crippen MR) is 107 cm³/mol. The lowest BCUT2D eigenvalue weighted by atomic mass is 10.1. The number of carbonyl (C=O) groups is 1. The van der Waals surface area contributed by atoms with E-state index in [1.54, 1.807) is 11.8 Å². The monoisotopic (exact) mass is 370 g/mol. The van der Waals surface area contributed by atoms with Crippen LogP contribution in [0.3, 0.4) is 0 Å². The summed E-state index contributed by atoms with van der Waals surface area (Å²) in [7, 11) is 3.98. The fraction of sp³-hybridized carbons (Fsp3) is 0.450. The first-order valence-electron chi connectivity index (χ1n) is 9.13. The van der Waals surface area contributed by atoms with Gasteiger partial charge in [-0.1, -0.05) is 30.8 Å². The van der Waals surface area contributed by atoms with Gasteiger partial charge in [-0.15, -0.1) is 0 Å². The van der Waals surface area contributed by atoms with Crippen LogP contribution in [0.5, 0.6) is 0 Å². The Kier molecular flexibility index (Phi) is 6.14. The summed E-state index contributed by atoms with van der Waals surface area (Å²) < 4.78 is 0. The number of aromatic nitrogens is 2. The molecule has 0 unspecified atom stereocenters. The number of amides is 1. The summed E-state index contributed by atoms with van der Waals surface area (Å²) in [5, 5.41) is 0.797. The third-order valence-corrected chi connectivity index (χ3v) is 5.45. The number of carbonyl (C=O) groups excluding carboxylic acids is 1. The molecule has 5 nitrogen and oxygen atoms in total. The van der Waals surface area contributed by atoms with Gasteiger partial charge in [-0.25, -0.2) is 9.97 Å². The Morgan fingerprint density at radius 3 is 2.46 bits per heavy atom. The molecule has 1 fully saturated rings. The number of rotatable bonds is 6. The zero-order chi connectivity index (χ0) is 18.5. The van der Waals surface area contributed by atoms with E-state index in [9.17, 15) is 4.79 Å². The first-order valence-corrected chi connectivity index (χ1v) is 10.1. The molecule has 2 heterocycles. The van der Waals surface area contributed by atoms with E-state index in [0.717, 1.165) is 60.3 Å². The molecule has 138 valence electrons. The van der Waals surface area contributed by atoms with E-state index >= 15 is 0 Å². The first kappa shape index (κ1) is 18.7. The fourth-order valence-corrected chi connectivity index (χ4v) is 3.76. The second kappa shape index (κ2) is 8.54. The van der Waals surface area contributed by atoms with Crippen LogP contribution < -0.4 is 4.90 Å². The standard InChI is InChI=1S/C20H26N4OS/c1-4-17-13-18(23(2)3)22-20(21-17)26-14-15-7-9-16(10-8-15)19(25)24-11-5-6-12-24/h7-10,13H,4-6,11-12,14H2,1-3H3. The number of anilines is 1. The second-order valence-electron chi connectivity index (χ2n) is 6.73. The summed E-state index contributed by atoms with van der Waals surface area (Å²) in [5.41, 5.74) is 3.00. The molecule has 0 radical (unpaired) electrons. The zero-order valence-corrected chi connectivity index (χ0v) is 16.6. The van der Waals surface area contributed by atoms with Gasteiger partial charge in [0.15, 0.2) is 5.16 Å². The Bertz CT molecular complexity index is 755. The Morgan fingerprint density at radius 2 is 1.85 bits per heavy atom. The van der Waals surface area contributed by atoms with Crippen LogP contribution in [0.4, 0.5) is 5.82 Å². The van der Waals surface area contributed by atoms with E-state index in [1.807, 2.05) is 54.2 Å². The molecule has 1 aromatic heterocycles. The molecule has 1 amide bonds. The van der Waals surface area contributed by atoms with Gasteiger partial charge in [0.1, 0.15) is 5.82 Å². The molecule has 3 rings (SSSR count). The van der Waals surface area contributed by atoms with Gasteiger partial charge in [-0.05, 0) is 37.0 Å². The minimum atomic E-state index is 0.149. The molecule has 1 aromatic carbocycles. The van der Waals surface area contributed by atoms with Crippen LogP contribution in [0.1, 0.15) is 41.4 Å². The van der Waals surface area contributed by atoms with Gasteiger partial charge in [-0.3, -0.25) is 4.79 Å². The smallest absolute Gasteiger partial charge is 0.253 e. The highest BCUT2D eigenvalue weighted by Crippen LogP contribution is 2.23. The Hall–Kier alpha value is -2.08. The van der Waals surface area contributed by atoms with E-state index in [0.29, 0.717) is 0 Å². The molecular formula is C20H26N4OS. The lowest BCUT2D eigenvalue weighted by Crippen LogP contribution is -2.27. The van der Waals surface area contributed by atoms with Crippen molar-refractivity contribution in [2.24, 2.45) is 0 Å². The summed E-state index contributed by atoms with van der Waals surface area (Å²) in [5.74, 6) is 1.88. The number of likely N-dealkylation sites (tertiary alicyclic amines) is 1. The minimum absolute atomic E-state index is 0.149. The van der Waals surface area contributed by atoms with E-state index in [-0.39, 0.29) is 5.91 Å². The molecule has 2 aromatic rings. The first-order chi connectivity index (χ1) is 12.6. The van der Waals surface area contributed by atoms with E-state index < -0.39 is 0 Å². The molecule has 26 heavy (non-hydrogen) atoms. The van der Waals surface area contributed by atoms with Gasteiger partial charge in [-0.2, -0.15) is 0 Å². The highest BCUT2D eigenvalue weighted by molar-refractivity contribution is 7.98. The SMILES string of the molecule is CCc1cc(N(C)C)nc(SCc2ccc(C(=O)N3CCCC3)cc2)n1. The molecule has 0 aliphatic carbocycles. The van der Waals surface area contributed by atoms with Crippen LogP contribution in [0.25, 0.3) is 0 Å². The Morgan fingerprint density at radius 1 is 1.15 bits per heavy atom.